The summed E-state index contributed by atoms with van der Waals surface area (Å²) in [5, 5.41) is 5.74. The topological polar surface area (TPSA) is 93.5 Å². The van der Waals surface area contributed by atoms with Crippen LogP contribution in [-0.4, -0.2) is 23.9 Å². The summed E-state index contributed by atoms with van der Waals surface area (Å²) >= 11 is 0. The summed E-state index contributed by atoms with van der Waals surface area (Å²) in [5.41, 5.74) is 5.78. The number of carbonyl (C=O) groups excluding carboxylic acids is 2. The number of oxazole rings is 1. The monoisotopic (exact) mass is 559 g/mol. The average molecular weight is 560 g/mol. The van der Waals surface area contributed by atoms with Crippen molar-refractivity contribution in [2.24, 2.45) is 0 Å². The van der Waals surface area contributed by atoms with Gasteiger partial charge >= 0.3 is 0 Å². The lowest BCUT2D eigenvalue weighted by atomic mass is 9.87. The van der Waals surface area contributed by atoms with Gasteiger partial charge in [0, 0.05) is 23.7 Å². The molecule has 0 saturated heterocycles. The third kappa shape index (κ3) is 6.25. The number of anilines is 2. The molecule has 5 aromatic rings. The van der Waals surface area contributed by atoms with Crippen molar-refractivity contribution < 1.29 is 18.7 Å². The van der Waals surface area contributed by atoms with Crippen LogP contribution in [0.2, 0.25) is 0 Å². The van der Waals surface area contributed by atoms with Crippen LogP contribution in [0, 0.1) is 0 Å². The summed E-state index contributed by atoms with van der Waals surface area (Å²) in [6.45, 7) is 7.91. The number of aromatic nitrogens is 1. The Labute approximate surface area is 245 Å². The first-order valence-corrected chi connectivity index (χ1v) is 13.7. The molecule has 0 spiro atoms. The molecule has 0 unspecified atom stereocenters. The van der Waals surface area contributed by atoms with Gasteiger partial charge in [0.05, 0.1) is 12.8 Å². The highest BCUT2D eigenvalue weighted by Gasteiger charge is 2.24. The maximum atomic E-state index is 13.8. The average Bonchev–Trinajstić information content (AvgIpc) is 3.43. The predicted octanol–water partition coefficient (Wildman–Crippen LogP) is 8.19. The van der Waals surface area contributed by atoms with Crippen molar-refractivity contribution in [1.82, 2.24) is 4.98 Å². The zero-order valence-corrected chi connectivity index (χ0v) is 24.3. The first-order chi connectivity index (χ1) is 20.1. The number of nitrogens with zero attached hydrogens (tertiary/aromatic N) is 1. The van der Waals surface area contributed by atoms with Crippen molar-refractivity contribution in [1.29, 1.82) is 0 Å². The van der Waals surface area contributed by atoms with Gasteiger partial charge in [0.25, 0.3) is 5.91 Å². The number of ether oxygens (including phenoxy) is 1. The lowest BCUT2D eigenvalue weighted by Gasteiger charge is -2.18. The van der Waals surface area contributed by atoms with Crippen LogP contribution < -0.4 is 15.4 Å². The molecule has 7 nitrogen and oxygen atoms in total. The molecule has 42 heavy (non-hydrogen) atoms. The fraction of sp³-hybridized carbons (Fsp3) is 0.171. The van der Waals surface area contributed by atoms with Gasteiger partial charge in [-0.25, -0.2) is 4.98 Å². The zero-order chi connectivity index (χ0) is 29.9. The molecular formula is C35H33N3O4. The summed E-state index contributed by atoms with van der Waals surface area (Å²) in [4.78, 5) is 30.0. The molecular weight excluding hydrogens is 526 g/mol. The van der Waals surface area contributed by atoms with Gasteiger partial charge in [0.15, 0.2) is 11.5 Å². The van der Waals surface area contributed by atoms with Gasteiger partial charge in [-0.2, -0.15) is 0 Å². The molecule has 1 heterocycles. The van der Waals surface area contributed by atoms with E-state index >= 15 is 0 Å². The molecule has 0 saturated carbocycles. The van der Waals surface area contributed by atoms with Crippen molar-refractivity contribution in [2.45, 2.75) is 33.1 Å². The van der Waals surface area contributed by atoms with E-state index in [2.05, 4.69) is 36.4 Å². The first-order valence-electron chi connectivity index (χ1n) is 13.7. The Bertz CT molecular complexity index is 1720. The van der Waals surface area contributed by atoms with Gasteiger partial charge in [-0.1, -0.05) is 69.3 Å². The highest BCUT2D eigenvalue weighted by atomic mass is 16.5. The van der Waals surface area contributed by atoms with Gasteiger partial charge in [0.1, 0.15) is 5.75 Å². The van der Waals surface area contributed by atoms with E-state index in [9.17, 15) is 9.59 Å². The van der Waals surface area contributed by atoms with Crippen LogP contribution in [-0.2, 0) is 10.2 Å². The molecule has 0 aliphatic heterocycles. The van der Waals surface area contributed by atoms with Gasteiger partial charge in [-0.05, 0) is 70.6 Å². The quantitative estimate of drug-likeness (QED) is 0.210. The normalized spacial score (nSPS) is 11.2. The van der Waals surface area contributed by atoms with Crippen molar-refractivity contribution in [3.8, 4) is 39.7 Å². The lowest BCUT2D eigenvalue weighted by Crippen LogP contribution is -2.14. The summed E-state index contributed by atoms with van der Waals surface area (Å²) in [6, 6.07) is 30.6. The van der Waals surface area contributed by atoms with Crippen LogP contribution >= 0.6 is 0 Å². The Morgan fingerprint density at radius 3 is 2.02 bits per heavy atom. The number of methoxy groups -OCH3 is 1. The molecule has 0 fully saturated rings. The van der Waals surface area contributed by atoms with Crippen molar-refractivity contribution in [3.63, 3.8) is 0 Å². The molecule has 0 bridgehead atoms. The van der Waals surface area contributed by atoms with Crippen LogP contribution in [0.25, 0.3) is 33.9 Å². The van der Waals surface area contributed by atoms with E-state index in [1.54, 1.807) is 31.4 Å². The smallest absolute Gasteiger partial charge is 0.278 e. The summed E-state index contributed by atoms with van der Waals surface area (Å²) in [7, 11) is 1.56. The van der Waals surface area contributed by atoms with Crippen molar-refractivity contribution >= 4 is 23.2 Å². The SMILES string of the molecule is COc1ccc(-c2ccccc2)cc1NC(=O)c1nc(-c2ccc(C(C)(C)C)cc2)oc1-c1ccc(NC(C)=O)cc1. The Morgan fingerprint density at radius 1 is 0.762 bits per heavy atom. The Kier molecular flexibility index (Phi) is 7.93. The minimum atomic E-state index is -0.444. The Morgan fingerprint density at radius 2 is 1.40 bits per heavy atom. The van der Waals surface area contributed by atoms with E-state index in [1.165, 1.54) is 12.5 Å². The molecule has 2 amide bonds. The number of benzene rings is 4. The minimum absolute atomic E-state index is 0.00563. The fourth-order valence-electron chi connectivity index (χ4n) is 4.61. The van der Waals surface area contributed by atoms with E-state index in [0.717, 1.165) is 16.7 Å². The molecule has 4 aromatic carbocycles. The molecule has 1 aromatic heterocycles. The third-order valence-corrected chi connectivity index (χ3v) is 6.86. The number of amides is 2. The maximum Gasteiger partial charge on any atom is 0.278 e. The van der Waals surface area contributed by atoms with Crippen molar-refractivity contribution in [2.75, 3.05) is 17.7 Å². The van der Waals surface area contributed by atoms with Gasteiger partial charge in [-0.15, -0.1) is 0 Å². The van der Waals surface area contributed by atoms with Gasteiger partial charge < -0.3 is 19.8 Å². The zero-order valence-electron chi connectivity index (χ0n) is 24.3. The molecule has 0 atom stereocenters. The predicted molar refractivity (Wildman–Crippen MR) is 167 cm³/mol. The standard InChI is InChI=1S/C35H33N3O4/c1-22(39)36-28-18-13-24(14-19-28)32-31(38-34(42-32)25-11-16-27(17-12-25)35(2,3)4)33(40)37-29-21-26(15-20-30(29)41-5)23-9-7-6-8-10-23/h6-21H,1-5H3,(H,36,39)(H,37,40). The van der Waals surface area contributed by atoms with Crippen LogP contribution in [0.5, 0.6) is 5.75 Å². The summed E-state index contributed by atoms with van der Waals surface area (Å²) in [6.07, 6.45) is 0. The second kappa shape index (κ2) is 11.7. The second-order valence-corrected chi connectivity index (χ2v) is 11.0. The number of nitrogens with one attached hydrogen (secondary N) is 2. The Balaban J connectivity index is 1.54. The van der Waals surface area contributed by atoms with Crippen molar-refractivity contribution in [3.05, 3.63) is 108 Å². The third-order valence-electron chi connectivity index (χ3n) is 6.86. The largest absolute Gasteiger partial charge is 0.495 e. The molecule has 7 heteroatoms. The number of rotatable bonds is 7. The van der Waals surface area contributed by atoms with Gasteiger partial charge in [0.2, 0.25) is 11.8 Å². The fourth-order valence-corrected chi connectivity index (χ4v) is 4.61. The van der Waals surface area contributed by atoms with E-state index in [0.29, 0.717) is 34.3 Å². The molecule has 0 radical (unpaired) electrons. The van der Waals surface area contributed by atoms with E-state index < -0.39 is 5.91 Å². The highest BCUT2D eigenvalue weighted by molar-refractivity contribution is 6.08. The molecule has 5 rings (SSSR count). The Hall–Kier alpha value is -5.17. The number of hydrogen-bond acceptors (Lipinski definition) is 5. The van der Waals surface area contributed by atoms with Crippen LogP contribution in [0.1, 0.15) is 43.7 Å². The van der Waals surface area contributed by atoms with E-state index in [1.807, 2.05) is 72.8 Å². The lowest BCUT2D eigenvalue weighted by molar-refractivity contribution is -0.114. The van der Waals surface area contributed by atoms with E-state index in [4.69, 9.17) is 9.15 Å². The molecule has 212 valence electrons. The van der Waals surface area contributed by atoms with Crippen LogP contribution in [0.4, 0.5) is 11.4 Å². The minimum Gasteiger partial charge on any atom is -0.495 e. The number of hydrogen-bond donors (Lipinski definition) is 2. The van der Waals surface area contributed by atoms with Gasteiger partial charge in [-0.3, -0.25) is 9.59 Å². The molecule has 0 aliphatic rings. The highest BCUT2D eigenvalue weighted by Crippen LogP contribution is 2.35. The summed E-state index contributed by atoms with van der Waals surface area (Å²) < 4.78 is 11.8. The van der Waals surface area contributed by atoms with E-state index in [-0.39, 0.29) is 17.0 Å². The maximum absolute atomic E-state index is 13.8. The van der Waals surface area contributed by atoms with Crippen LogP contribution in [0.15, 0.2) is 101 Å². The molecule has 2 N–H and O–H groups in total. The second-order valence-electron chi connectivity index (χ2n) is 11.0. The first kappa shape index (κ1) is 28.4. The molecule has 0 aliphatic carbocycles. The number of carbonyl (C=O) groups is 2. The van der Waals surface area contributed by atoms with Crippen LogP contribution in [0.3, 0.4) is 0 Å². The summed E-state index contributed by atoms with van der Waals surface area (Å²) in [5.74, 6) is 0.545.